The number of carbonyl (C=O) groups is 3. The number of ether oxygens (including phenoxy) is 3. The van der Waals surface area contributed by atoms with Crippen molar-refractivity contribution >= 4 is 17.8 Å². The van der Waals surface area contributed by atoms with Crippen LogP contribution in [0.1, 0.15) is 13.3 Å². The van der Waals surface area contributed by atoms with E-state index in [1.807, 2.05) is 6.07 Å². The minimum Gasteiger partial charge on any atom is -0.482 e. The SMILES string of the molecule is COC(=O)C=CC[C@H]1NC(=O)[C@@H]1C(C)OC(=O)COc1ccccc1. The van der Waals surface area contributed by atoms with Crippen molar-refractivity contribution in [3.8, 4) is 5.75 Å². The Morgan fingerprint density at radius 1 is 1.28 bits per heavy atom. The van der Waals surface area contributed by atoms with E-state index < -0.39 is 24.0 Å². The number of carbonyl (C=O) groups excluding carboxylic acids is 3. The van der Waals surface area contributed by atoms with Gasteiger partial charge >= 0.3 is 11.9 Å². The van der Waals surface area contributed by atoms with Gasteiger partial charge in [0, 0.05) is 12.1 Å². The number of benzene rings is 1. The number of methoxy groups -OCH3 is 1. The molecule has 1 aliphatic heterocycles. The zero-order valence-corrected chi connectivity index (χ0v) is 14.1. The molecule has 1 amide bonds. The number of hydrogen-bond donors (Lipinski definition) is 1. The monoisotopic (exact) mass is 347 g/mol. The summed E-state index contributed by atoms with van der Waals surface area (Å²) in [6.07, 6.45) is 2.78. The average Bonchev–Trinajstić information content (AvgIpc) is 2.59. The van der Waals surface area contributed by atoms with Crippen LogP contribution >= 0.6 is 0 Å². The predicted molar refractivity (Wildman–Crippen MR) is 88.7 cm³/mol. The fourth-order valence-corrected chi connectivity index (χ4v) is 2.55. The molecule has 1 aromatic carbocycles. The molecule has 0 radical (unpaired) electrons. The second kappa shape index (κ2) is 8.86. The molecule has 1 aliphatic rings. The van der Waals surface area contributed by atoms with E-state index in [-0.39, 0.29) is 18.6 Å². The number of hydrogen-bond acceptors (Lipinski definition) is 6. The van der Waals surface area contributed by atoms with Gasteiger partial charge in [-0.15, -0.1) is 0 Å². The topological polar surface area (TPSA) is 90.9 Å². The highest BCUT2D eigenvalue weighted by molar-refractivity contribution is 5.87. The van der Waals surface area contributed by atoms with Gasteiger partial charge in [-0.1, -0.05) is 24.3 Å². The lowest BCUT2D eigenvalue weighted by molar-refractivity contribution is -0.160. The number of rotatable bonds is 8. The van der Waals surface area contributed by atoms with Crippen LogP contribution in [0.15, 0.2) is 42.5 Å². The van der Waals surface area contributed by atoms with Crippen molar-refractivity contribution in [1.82, 2.24) is 5.32 Å². The lowest BCUT2D eigenvalue weighted by Gasteiger charge is -2.39. The standard InChI is InChI=1S/C18H21NO6/c1-12(25-16(21)11-24-13-7-4-3-5-8-13)17-14(19-18(17)22)9-6-10-15(20)23-2/h3-8,10,12,14,17H,9,11H2,1-2H3,(H,19,22)/t12?,14-,17-/m1/s1. The van der Waals surface area contributed by atoms with E-state index in [0.717, 1.165) is 0 Å². The summed E-state index contributed by atoms with van der Waals surface area (Å²) in [4.78, 5) is 34.7. The van der Waals surface area contributed by atoms with Crippen molar-refractivity contribution in [2.45, 2.75) is 25.5 Å². The molecular formula is C18H21NO6. The summed E-state index contributed by atoms with van der Waals surface area (Å²) in [5.74, 6) is -1.07. The van der Waals surface area contributed by atoms with Gasteiger partial charge in [-0.3, -0.25) is 4.79 Å². The molecule has 0 bridgehead atoms. The minimum atomic E-state index is -0.586. The van der Waals surface area contributed by atoms with Crippen LogP contribution in [0.3, 0.4) is 0 Å². The zero-order chi connectivity index (χ0) is 18.2. The lowest BCUT2D eigenvalue weighted by atomic mass is 9.84. The maximum absolute atomic E-state index is 11.9. The molecule has 0 aliphatic carbocycles. The fraction of sp³-hybridized carbons (Fsp3) is 0.389. The van der Waals surface area contributed by atoms with E-state index >= 15 is 0 Å². The first-order chi connectivity index (χ1) is 12.0. The average molecular weight is 347 g/mol. The van der Waals surface area contributed by atoms with E-state index in [1.165, 1.54) is 13.2 Å². The van der Waals surface area contributed by atoms with Crippen LogP contribution in [0.5, 0.6) is 5.75 Å². The Morgan fingerprint density at radius 3 is 2.64 bits per heavy atom. The molecule has 134 valence electrons. The molecule has 1 saturated heterocycles. The molecule has 25 heavy (non-hydrogen) atoms. The molecule has 2 rings (SSSR count). The van der Waals surface area contributed by atoms with Gasteiger partial charge < -0.3 is 19.5 Å². The maximum Gasteiger partial charge on any atom is 0.344 e. The highest BCUT2D eigenvalue weighted by Crippen LogP contribution is 2.24. The first-order valence-electron chi connectivity index (χ1n) is 7.93. The van der Waals surface area contributed by atoms with Crippen LogP contribution in [0.2, 0.25) is 0 Å². The summed E-state index contributed by atoms with van der Waals surface area (Å²) < 4.78 is 15.1. The van der Waals surface area contributed by atoms with Gasteiger partial charge in [0.1, 0.15) is 11.9 Å². The van der Waals surface area contributed by atoms with Crippen molar-refractivity contribution in [2.75, 3.05) is 13.7 Å². The van der Waals surface area contributed by atoms with E-state index in [0.29, 0.717) is 12.2 Å². The maximum atomic E-state index is 11.9. The zero-order valence-electron chi connectivity index (χ0n) is 14.1. The normalized spacial score (nSPS) is 20.3. The Balaban J connectivity index is 1.78. The van der Waals surface area contributed by atoms with Gasteiger partial charge in [0.25, 0.3) is 0 Å². The summed E-state index contributed by atoms with van der Waals surface area (Å²) in [6.45, 7) is 1.44. The van der Waals surface area contributed by atoms with Gasteiger partial charge in [-0.2, -0.15) is 0 Å². The number of β-lactam (4-membered cyclic amide) rings is 1. The fourth-order valence-electron chi connectivity index (χ4n) is 2.55. The van der Waals surface area contributed by atoms with Gasteiger partial charge in [0.15, 0.2) is 6.61 Å². The Bertz CT molecular complexity index is 642. The second-order valence-electron chi connectivity index (χ2n) is 5.60. The van der Waals surface area contributed by atoms with Crippen molar-refractivity contribution in [3.05, 3.63) is 42.5 Å². The van der Waals surface area contributed by atoms with Gasteiger partial charge in [0.2, 0.25) is 5.91 Å². The van der Waals surface area contributed by atoms with Gasteiger partial charge in [-0.05, 0) is 25.5 Å². The first kappa shape index (κ1) is 18.5. The Labute approximate surface area is 145 Å². The third kappa shape index (κ3) is 5.34. The van der Waals surface area contributed by atoms with Crippen LogP contribution in [0.4, 0.5) is 0 Å². The van der Waals surface area contributed by atoms with Crippen LogP contribution < -0.4 is 10.1 Å². The smallest absolute Gasteiger partial charge is 0.344 e. The largest absolute Gasteiger partial charge is 0.482 e. The molecule has 1 N–H and O–H groups in total. The van der Waals surface area contributed by atoms with Crippen LogP contribution in [0.25, 0.3) is 0 Å². The van der Waals surface area contributed by atoms with Gasteiger partial charge in [0.05, 0.1) is 13.0 Å². The molecule has 0 aromatic heterocycles. The van der Waals surface area contributed by atoms with Crippen molar-refractivity contribution in [3.63, 3.8) is 0 Å². The number of para-hydroxylation sites is 1. The van der Waals surface area contributed by atoms with E-state index in [1.54, 1.807) is 37.3 Å². The summed E-state index contributed by atoms with van der Waals surface area (Å²) in [6, 6.07) is 8.73. The minimum absolute atomic E-state index is 0.180. The highest BCUT2D eigenvalue weighted by Gasteiger charge is 2.43. The lowest BCUT2D eigenvalue weighted by Crippen LogP contribution is -2.62. The number of nitrogens with one attached hydrogen (secondary N) is 1. The molecular weight excluding hydrogens is 326 g/mol. The number of esters is 2. The highest BCUT2D eigenvalue weighted by atomic mass is 16.6. The molecule has 1 heterocycles. The predicted octanol–water partition coefficient (Wildman–Crippen LogP) is 1.23. The molecule has 1 aromatic rings. The second-order valence-corrected chi connectivity index (χ2v) is 5.60. The summed E-state index contributed by atoms with van der Waals surface area (Å²) >= 11 is 0. The quantitative estimate of drug-likeness (QED) is 0.432. The summed E-state index contributed by atoms with van der Waals surface area (Å²) in [5.41, 5.74) is 0. The third-order valence-corrected chi connectivity index (χ3v) is 3.83. The van der Waals surface area contributed by atoms with E-state index in [9.17, 15) is 14.4 Å². The molecule has 1 fully saturated rings. The molecule has 7 heteroatoms. The Kier molecular flexibility index (Phi) is 6.56. The van der Waals surface area contributed by atoms with Crippen LogP contribution in [0, 0.1) is 5.92 Å². The molecule has 0 spiro atoms. The van der Waals surface area contributed by atoms with E-state index in [2.05, 4.69) is 10.1 Å². The van der Waals surface area contributed by atoms with Crippen molar-refractivity contribution < 1.29 is 28.6 Å². The molecule has 7 nitrogen and oxygen atoms in total. The number of amides is 1. The first-order valence-corrected chi connectivity index (χ1v) is 7.93. The summed E-state index contributed by atoms with van der Waals surface area (Å²) in [5, 5.41) is 2.73. The molecule has 1 unspecified atom stereocenters. The van der Waals surface area contributed by atoms with Crippen molar-refractivity contribution in [2.24, 2.45) is 5.92 Å². The van der Waals surface area contributed by atoms with Crippen molar-refractivity contribution in [1.29, 1.82) is 0 Å². The van der Waals surface area contributed by atoms with E-state index in [4.69, 9.17) is 9.47 Å². The van der Waals surface area contributed by atoms with Crippen LogP contribution in [-0.2, 0) is 23.9 Å². The third-order valence-electron chi connectivity index (χ3n) is 3.83. The Morgan fingerprint density at radius 2 is 2.00 bits per heavy atom. The van der Waals surface area contributed by atoms with Crippen LogP contribution in [-0.4, -0.2) is 43.7 Å². The van der Waals surface area contributed by atoms with Gasteiger partial charge in [-0.25, -0.2) is 9.59 Å². The molecule has 3 atom stereocenters. The Hall–Kier alpha value is -2.83. The summed E-state index contributed by atoms with van der Waals surface area (Å²) in [7, 11) is 1.29. The molecule has 0 saturated carbocycles.